The maximum atomic E-state index is 14.4. The van der Waals surface area contributed by atoms with Crippen molar-refractivity contribution in [2.45, 2.75) is 52.0 Å². The first-order chi connectivity index (χ1) is 15.0. The van der Waals surface area contributed by atoms with E-state index in [1.165, 1.54) is 25.2 Å². The van der Waals surface area contributed by atoms with Crippen molar-refractivity contribution in [2.24, 2.45) is 17.8 Å². The molecule has 1 saturated heterocycles. The molecule has 0 unspecified atom stereocenters. The van der Waals surface area contributed by atoms with Crippen molar-refractivity contribution >= 4 is 43.4 Å². The number of amides is 1. The molecule has 7 heteroatoms. The van der Waals surface area contributed by atoms with E-state index in [4.69, 9.17) is 0 Å². The second kappa shape index (κ2) is 8.34. The average Bonchev–Trinajstić information content (AvgIpc) is 3.17. The van der Waals surface area contributed by atoms with Crippen LogP contribution >= 0.6 is 11.3 Å². The van der Waals surface area contributed by atoms with E-state index in [9.17, 15) is 9.18 Å². The summed E-state index contributed by atoms with van der Waals surface area (Å²) in [5.41, 5.74) is 0.684. The summed E-state index contributed by atoms with van der Waals surface area (Å²) in [6.07, 6.45) is 6.72. The number of aromatic nitrogens is 2. The molecule has 1 aromatic carbocycles. The Morgan fingerprint density at radius 2 is 1.97 bits per heavy atom. The number of benzene rings is 1. The van der Waals surface area contributed by atoms with E-state index in [0.717, 1.165) is 47.6 Å². The van der Waals surface area contributed by atoms with Gasteiger partial charge in [-0.25, -0.2) is 14.4 Å². The number of carbonyl (C=O) groups excluding carboxylic acids is 1. The minimum absolute atomic E-state index is 0.0536. The number of anilines is 1. The van der Waals surface area contributed by atoms with Crippen molar-refractivity contribution in [3.8, 4) is 0 Å². The van der Waals surface area contributed by atoms with Crippen molar-refractivity contribution in [2.75, 3.05) is 18.0 Å². The molecule has 0 spiro atoms. The lowest BCUT2D eigenvalue weighted by molar-refractivity contribution is -0.127. The maximum absolute atomic E-state index is 14.4. The fraction of sp³-hybridized carbons (Fsp3) is 0.542. The van der Waals surface area contributed by atoms with Crippen LogP contribution in [-0.4, -0.2) is 35.0 Å². The van der Waals surface area contributed by atoms with E-state index in [1.54, 1.807) is 17.4 Å². The van der Waals surface area contributed by atoms with Crippen LogP contribution < -0.4 is 10.2 Å². The van der Waals surface area contributed by atoms with Crippen molar-refractivity contribution in [1.29, 1.82) is 0 Å². The van der Waals surface area contributed by atoms with Crippen LogP contribution in [0.15, 0.2) is 24.5 Å². The normalized spacial score (nSPS) is 25.3. The first-order valence-electron chi connectivity index (χ1n) is 11.4. The molecular weight excluding hydrogens is 411 g/mol. The molecule has 164 valence electrons. The van der Waals surface area contributed by atoms with Gasteiger partial charge in [0.1, 0.15) is 18.0 Å². The molecule has 1 N–H and O–H groups in total. The largest absolute Gasteiger partial charge is 0.355 e. The minimum atomic E-state index is -0.241. The van der Waals surface area contributed by atoms with Crippen LogP contribution in [0.1, 0.15) is 46.0 Å². The summed E-state index contributed by atoms with van der Waals surface area (Å²) in [6, 6.07) is 5.45. The first kappa shape index (κ1) is 20.6. The third-order valence-electron chi connectivity index (χ3n) is 7.41. The number of hydrogen-bond donors (Lipinski definition) is 1. The third kappa shape index (κ3) is 3.77. The van der Waals surface area contributed by atoms with Gasteiger partial charge in [0.2, 0.25) is 5.91 Å². The summed E-state index contributed by atoms with van der Waals surface area (Å²) < 4.78 is 16.2. The molecule has 2 aliphatic rings. The zero-order valence-corrected chi connectivity index (χ0v) is 18.9. The zero-order valence-electron chi connectivity index (χ0n) is 18.1. The zero-order chi connectivity index (χ0) is 21.5. The Labute approximate surface area is 186 Å². The van der Waals surface area contributed by atoms with Gasteiger partial charge < -0.3 is 10.2 Å². The fourth-order valence-corrected chi connectivity index (χ4v) is 6.42. The van der Waals surface area contributed by atoms with Gasteiger partial charge in [0.05, 0.1) is 15.6 Å². The lowest BCUT2D eigenvalue weighted by atomic mass is 9.78. The van der Waals surface area contributed by atoms with Crippen molar-refractivity contribution in [1.82, 2.24) is 15.3 Å². The summed E-state index contributed by atoms with van der Waals surface area (Å²) in [5, 5.41) is 3.93. The van der Waals surface area contributed by atoms with Crippen LogP contribution in [0.2, 0.25) is 0 Å². The molecule has 5 nitrogen and oxygen atoms in total. The predicted octanol–water partition coefficient (Wildman–Crippen LogP) is 5.14. The monoisotopic (exact) mass is 440 g/mol. The van der Waals surface area contributed by atoms with Crippen LogP contribution in [0.5, 0.6) is 0 Å². The number of rotatable bonds is 3. The number of piperidine rings is 1. The van der Waals surface area contributed by atoms with Crippen LogP contribution in [0, 0.1) is 23.6 Å². The summed E-state index contributed by atoms with van der Waals surface area (Å²) in [7, 11) is 0. The van der Waals surface area contributed by atoms with Crippen molar-refractivity contribution in [3.05, 3.63) is 30.3 Å². The Morgan fingerprint density at radius 1 is 1.16 bits per heavy atom. The number of nitrogens with one attached hydrogen (secondary N) is 1. The lowest BCUT2D eigenvalue weighted by Gasteiger charge is -2.37. The van der Waals surface area contributed by atoms with Gasteiger partial charge in [-0.1, -0.05) is 32.8 Å². The SMILES string of the molecule is C[C@H]1[C@H](C)CCC[C@H]1NC(=O)C1CCN(c2ncnc3c2sc2cccc(F)c23)CC1. The van der Waals surface area contributed by atoms with Crippen LogP contribution in [0.3, 0.4) is 0 Å². The molecule has 1 amide bonds. The number of halogens is 1. The Bertz CT molecular complexity index is 1110. The molecule has 3 aromatic rings. The minimum Gasteiger partial charge on any atom is -0.355 e. The number of nitrogens with zero attached hydrogens (tertiary/aromatic N) is 3. The smallest absolute Gasteiger partial charge is 0.223 e. The van der Waals surface area contributed by atoms with Crippen LogP contribution in [-0.2, 0) is 4.79 Å². The van der Waals surface area contributed by atoms with Crippen LogP contribution in [0.25, 0.3) is 20.3 Å². The molecular formula is C24H29FN4OS. The molecule has 2 aromatic heterocycles. The van der Waals surface area contributed by atoms with E-state index in [1.807, 2.05) is 6.07 Å². The number of carbonyl (C=O) groups is 1. The van der Waals surface area contributed by atoms with Crippen LogP contribution in [0.4, 0.5) is 10.2 Å². The van der Waals surface area contributed by atoms with Gasteiger partial charge in [-0.15, -0.1) is 11.3 Å². The summed E-state index contributed by atoms with van der Waals surface area (Å²) in [6.45, 7) is 6.12. The van der Waals surface area contributed by atoms with E-state index in [0.29, 0.717) is 28.8 Å². The predicted molar refractivity (Wildman–Crippen MR) is 124 cm³/mol. The topological polar surface area (TPSA) is 58.1 Å². The standard InChI is InChI=1S/C24H29FN4OS/c1-14-5-3-7-18(15(14)2)28-24(30)16-9-11-29(12-10-16)23-22-21(26-13-27-23)20-17(25)6-4-8-19(20)31-22/h4,6,8,13-16,18H,3,5,7,9-12H2,1-2H3,(H,28,30)/t14-,15+,18-/m1/s1. The summed E-state index contributed by atoms with van der Waals surface area (Å²) in [4.78, 5) is 24.1. The molecule has 0 radical (unpaired) electrons. The van der Waals surface area contributed by atoms with E-state index >= 15 is 0 Å². The Balaban J connectivity index is 1.30. The quantitative estimate of drug-likeness (QED) is 0.613. The highest BCUT2D eigenvalue weighted by molar-refractivity contribution is 7.26. The second-order valence-corrected chi connectivity index (χ2v) is 10.3. The number of thiophene rings is 1. The van der Waals surface area contributed by atoms with Crippen molar-refractivity contribution < 1.29 is 9.18 Å². The van der Waals surface area contributed by atoms with E-state index < -0.39 is 0 Å². The average molecular weight is 441 g/mol. The molecule has 1 aliphatic carbocycles. The first-order valence-corrected chi connectivity index (χ1v) is 12.2. The van der Waals surface area contributed by atoms with Gasteiger partial charge in [-0.3, -0.25) is 4.79 Å². The van der Waals surface area contributed by atoms with Gasteiger partial charge >= 0.3 is 0 Å². The van der Waals surface area contributed by atoms with Gasteiger partial charge in [-0.05, 0) is 43.2 Å². The molecule has 3 atom stereocenters. The summed E-state index contributed by atoms with van der Waals surface area (Å²) in [5.74, 6) is 2.10. The Morgan fingerprint density at radius 3 is 2.77 bits per heavy atom. The molecule has 1 saturated carbocycles. The van der Waals surface area contributed by atoms with Gasteiger partial charge in [0.25, 0.3) is 0 Å². The fourth-order valence-electron chi connectivity index (χ4n) is 5.23. The molecule has 0 bridgehead atoms. The number of fused-ring (bicyclic) bond motifs is 3. The molecule has 31 heavy (non-hydrogen) atoms. The highest BCUT2D eigenvalue weighted by Gasteiger charge is 2.32. The highest BCUT2D eigenvalue weighted by Crippen LogP contribution is 2.39. The molecule has 1 aliphatic heterocycles. The molecule has 2 fully saturated rings. The molecule has 5 rings (SSSR count). The third-order valence-corrected chi connectivity index (χ3v) is 8.55. The van der Waals surface area contributed by atoms with E-state index in [-0.39, 0.29) is 17.6 Å². The second-order valence-electron chi connectivity index (χ2n) is 9.23. The number of hydrogen-bond acceptors (Lipinski definition) is 5. The van der Waals surface area contributed by atoms with E-state index in [2.05, 4.69) is 34.0 Å². The summed E-state index contributed by atoms with van der Waals surface area (Å²) >= 11 is 1.54. The maximum Gasteiger partial charge on any atom is 0.223 e. The van der Waals surface area contributed by atoms with Gasteiger partial charge in [0.15, 0.2) is 0 Å². The van der Waals surface area contributed by atoms with Gasteiger partial charge in [-0.2, -0.15) is 0 Å². The highest BCUT2D eigenvalue weighted by atomic mass is 32.1. The lowest BCUT2D eigenvalue weighted by Crippen LogP contribution is -2.48. The molecule has 3 heterocycles. The Kier molecular flexibility index (Phi) is 5.54. The van der Waals surface area contributed by atoms with Gasteiger partial charge in [0, 0.05) is 29.7 Å². The van der Waals surface area contributed by atoms with Crippen molar-refractivity contribution in [3.63, 3.8) is 0 Å². The Hall–Kier alpha value is -2.28.